The van der Waals surface area contributed by atoms with Crippen LogP contribution in [0, 0.1) is 0 Å². The van der Waals surface area contributed by atoms with Crippen LogP contribution in [0.15, 0.2) is 133 Å². The Morgan fingerprint density at radius 3 is 1.56 bits per heavy atom. The van der Waals surface area contributed by atoms with Crippen molar-refractivity contribution in [3.8, 4) is 56.9 Å². The number of hydrogen-bond donors (Lipinski definition) is 2. The van der Waals surface area contributed by atoms with E-state index in [1.165, 1.54) is 6.92 Å². The number of carbonyl (C=O) groups is 1. The molecule has 0 aliphatic heterocycles. The molecule has 0 fully saturated rings. The zero-order valence-electron chi connectivity index (χ0n) is 22.4. The normalized spacial score (nSPS) is 10.7. The van der Waals surface area contributed by atoms with Gasteiger partial charge in [-0.2, -0.15) is 0 Å². The molecule has 6 heteroatoms. The van der Waals surface area contributed by atoms with Crippen LogP contribution in [0.2, 0.25) is 0 Å². The van der Waals surface area contributed by atoms with E-state index in [4.69, 9.17) is 14.5 Å². The van der Waals surface area contributed by atoms with E-state index in [1.54, 1.807) is 0 Å². The first-order chi connectivity index (χ1) is 20.1. The Bertz CT molecular complexity index is 1640. The van der Waals surface area contributed by atoms with Gasteiger partial charge in [-0.3, -0.25) is 4.79 Å². The van der Waals surface area contributed by atoms with Gasteiger partial charge in [0.25, 0.3) is 0 Å². The molecule has 6 nitrogen and oxygen atoms in total. The molecule has 0 aliphatic rings. The third-order valence-corrected chi connectivity index (χ3v) is 6.41. The van der Waals surface area contributed by atoms with E-state index in [0.29, 0.717) is 0 Å². The molecule has 0 radical (unpaired) electrons. The van der Waals surface area contributed by atoms with Crippen LogP contribution in [0.25, 0.3) is 33.9 Å². The lowest BCUT2D eigenvalue weighted by atomic mass is 10.0. The summed E-state index contributed by atoms with van der Waals surface area (Å²) in [6.07, 6.45) is 0. The minimum absolute atomic E-state index is 0.111. The highest BCUT2D eigenvalue weighted by Crippen LogP contribution is 2.35. The van der Waals surface area contributed by atoms with E-state index in [9.17, 15) is 4.79 Å². The van der Waals surface area contributed by atoms with Gasteiger partial charge < -0.3 is 19.8 Å². The number of benzene rings is 5. The summed E-state index contributed by atoms with van der Waals surface area (Å²) in [5.41, 5.74) is 5.25. The zero-order valence-corrected chi connectivity index (χ0v) is 22.4. The highest BCUT2D eigenvalue weighted by atomic mass is 16.5. The fourth-order valence-electron chi connectivity index (χ4n) is 4.46. The van der Waals surface area contributed by atoms with E-state index >= 15 is 0 Å². The minimum Gasteiger partial charge on any atom is -0.457 e. The number of nitrogens with one attached hydrogen (secondary N) is 2. The van der Waals surface area contributed by atoms with Gasteiger partial charge in [-0.25, -0.2) is 4.98 Å². The molecule has 0 unspecified atom stereocenters. The molecule has 0 atom stereocenters. The number of para-hydroxylation sites is 2. The fourth-order valence-corrected chi connectivity index (χ4v) is 4.46. The Kier molecular flexibility index (Phi) is 7.28. The van der Waals surface area contributed by atoms with Crippen molar-refractivity contribution in [2.45, 2.75) is 6.92 Å². The van der Waals surface area contributed by atoms with E-state index in [2.05, 4.69) is 10.3 Å². The van der Waals surface area contributed by atoms with E-state index < -0.39 is 0 Å². The Labute approximate surface area is 238 Å². The Morgan fingerprint density at radius 2 is 1.05 bits per heavy atom. The second-order valence-corrected chi connectivity index (χ2v) is 9.45. The number of imidazole rings is 1. The van der Waals surface area contributed by atoms with Crippen molar-refractivity contribution in [2.75, 3.05) is 5.32 Å². The van der Waals surface area contributed by atoms with Gasteiger partial charge >= 0.3 is 0 Å². The van der Waals surface area contributed by atoms with E-state index in [1.807, 2.05) is 133 Å². The Balaban J connectivity index is 1.33. The maximum atomic E-state index is 11.4. The van der Waals surface area contributed by atoms with Gasteiger partial charge in [0.1, 0.15) is 28.8 Å². The molecule has 6 rings (SSSR count). The third kappa shape index (κ3) is 6.18. The number of aromatic amines is 1. The number of nitrogens with zero attached hydrogens (tertiary/aromatic N) is 1. The van der Waals surface area contributed by atoms with Crippen LogP contribution in [0.4, 0.5) is 5.69 Å². The zero-order chi connectivity index (χ0) is 28.0. The van der Waals surface area contributed by atoms with Crippen molar-refractivity contribution in [1.29, 1.82) is 0 Å². The molecular formula is C35H27N3O3. The number of carbonyl (C=O) groups excluding carboxylic acids is 1. The summed E-state index contributed by atoms with van der Waals surface area (Å²) in [5, 5.41) is 2.80. The van der Waals surface area contributed by atoms with Crippen molar-refractivity contribution in [2.24, 2.45) is 0 Å². The topological polar surface area (TPSA) is 76.2 Å². The molecule has 1 aromatic heterocycles. The Morgan fingerprint density at radius 1 is 0.585 bits per heavy atom. The molecular weight excluding hydrogens is 510 g/mol. The van der Waals surface area contributed by atoms with Crippen molar-refractivity contribution in [3.05, 3.63) is 133 Å². The van der Waals surface area contributed by atoms with E-state index in [0.717, 1.165) is 62.6 Å². The molecule has 6 aromatic rings. The van der Waals surface area contributed by atoms with Gasteiger partial charge in [-0.15, -0.1) is 0 Å². The highest BCUT2D eigenvalue weighted by molar-refractivity contribution is 5.89. The van der Waals surface area contributed by atoms with Gasteiger partial charge in [-0.1, -0.05) is 36.4 Å². The van der Waals surface area contributed by atoms with Gasteiger partial charge in [-0.05, 0) is 97.1 Å². The summed E-state index contributed by atoms with van der Waals surface area (Å²) < 4.78 is 12.0. The van der Waals surface area contributed by atoms with Crippen LogP contribution in [0.3, 0.4) is 0 Å². The molecule has 2 N–H and O–H groups in total. The van der Waals surface area contributed by atoms with Crippen LogP contribution in [0.1, 0.15) is 6.92 Å². The van der Waals surface area contributed by atoms with Crippen LogP contribution >= 0.6 is 0 Å². The molecule has 0 bridgehead atoms. The predicted octanol–water partition coefficient (Wildman–Crippen LogP) is 8.95. The van der Waals surface area contributed by atoms with Crippen LogP contribution in [0.5, 0.6) is 23.0 Å². The molecule has 0 aliphatic carbocycles. The standard InChI is InChI=1S/C35H27N3O3/c1-24(39)36-28-18-12-27(13-19-28)35-37-33(25-14-20-31(21-15-25)40-29-8-4-2-5-9-29)34(38-35)26-16-22-32(23-17-26)41-30-10-6-3-7-11-30/h2-23H,1H3,(H,36,39)(H,37,38). The number of amides is 1. The predicted molar refractivity (Wildman–Crippen MR) is 162 cm³/mol. The van der Waals surface area contributed by atoms with Gasteiger partial charge in [0.05, 0.1) is 11.4 Å². The largest absolute Gasteiger partial charge is 0.457 e. The third-order valence-electron chi connectivity index (χ3n) is 6.41. The summed E-state index contributed by atoms with van der Waals surface area (Å²) in [4.78, 5) is 20.0. The highest BCUT2D eigenvalue weighted by Gasteiger charge is 2.16. The molecule has 1 heterocycles. The van der Waals surface area contributed by atoms with Crippen molar-refractivity contribution in [1.82, 2.24) is 9.97 Å². The number of aromatic nitrogens is 2. The summed E-state index contributed by atoms with van der Waals surface area (Å²) in [6, 6.07) is 42.8. The number of anilines is 1. The number of rotatable bonds is 8. The first-order valence-electron chi connectivity index (χ1n) is 13.3. The minimum atomic E-state index is -0.111. The molecule has 1 amide bonds. The van der Waals surface area contributed by atoms with Gasteiger partial charge in [0.15, 0.2) is 0 Å². The van der Waals surface area contributed by atoms with Crippen LogP contribution in [-0.2, 0) is 4.79 Å². The van der Waals surface area contributed by atoms with Crippen LogP contribution < -0.4 is 14.8 Å². The number of hydrogen-bond acceptors (Lipinski definition) is 4. The lowest BCUT2D eigenvalue weighted by Gasteiger charge is -2.08. The first kappa shape index (κ1) is 25.6. The fraction of sp³-hybridized carbons (Fsp3) is 0.0286. The summed E-state index contributed by atoms with van der Waals surface area (Å²) >= 11 is 0. The second-order valence-electron chi connectivity index (χ2n) is 9.45. The van der Waals surface area contributed by atoms with Crippen molar-refractivity contribution >= 4 is 11.6 Å². The molecule has 200 valence electrons. The van der Waals surface area contributed by atoms with Gasteiger partial charge in [0, 0.05) is 29.3 Å². The second kappa shape index (κ2) is 11.6. The van der Waals surface area contributed by atoms with E-state index in [-0.39, 0.29) is 5.91 Å². The molecule has 0 saturated carbocycles. The molecule has 0 spiro atoms. The first-order valence-corrected chi connectivity index (χ1v) is 13.3. The number of ether oxygens (including phenoxy) is 2. The smallest absolute Gasteiger partial charge is 0.221 e. The quantitative estimate of drug-likeness (QED) is 0.203. The summed E-state index contributed by atoms with van der Waals surface area (Å²) in [7, 11) is 0. The molecule has 0 saturated heterocycles. The Hall–Kier alpha value is -5.62. The average Bonchev–Trinajstić information content (AvgIpc) is 3.45. The summed E-state index contributed by atoms with van der Waals surface area (Å²) in [5.74, 6) is 3.66. The lowest BCUT2D eigenvalue weighted by Crippen LogP contribution is -2.05. The monoisotopic (exact) mass is 537 g/mol. The SMILES string of the molecule is CC(=O)Nc1ccc(-c2nc(-c3ccc(Oc4ccccc4)cc3)c(-c3ccc(Oc4ccccc4)cc3)[nH]2)cc1. The average molecular weight is 538 g/mol. The maximum Gasteiger partial charge on any atom is 0.221 e. The van der Waals surface area contributed by atoms with Crippen molar-refractivity contribution in [3.63, 3.8) is 0 Å². The lowest BCUT2D eigenvalue weighted by molar-refractivity contribution is -0.114. The summed E-state index contributed by atoms with van der Waals surface area (Å²) in [6.45, 7) is 1.49. The molecule has 41 heavy (non-hydrogen) atoms. The molecule has 5 aromatic carbocycles. The van der Waals surface area contributed by atoms with Crippen LogP contribution in [-0.4, -0.2) is 15.9 Å². The van der Waals surface area contributed by atoms with Crippen molar-refractivity contribution < 1.29 is 14.3 Å². The number of H-pyrrole nitrogens is 1. The van der Waals surface area contributed by atoms with Gasteiger partial charge in [0.2, 0.25) is 5.91 Å². The maximum absolute atomic E-state index is 11.4.